The number of thiophene rings is 1. The summed E-state index contributed by atoms with van der Waals surface area (Å²) >= 11 is 1.88. The second-order valence-electron chi connectivity index (χ2n) is 21.0. The van der Waals surface area contributed by atoms with Crippen LogP contribution in [0.2, 0.25) is 0 Å². The Morgan fingerprint density at radius 2 is 0.904 bits per heavy atom. The van der Waals surface area contributed by atoms with Gasteiger partial charge in [-0.05, 0) is 150 Å². The van der Waals surface area contributed by atoms with Crippen LogP contribution in [0.1, 0.15) is 82.3 Å². The van der Waals surface area contributed by atoms with E-state index in [0.717, 1.165) is 29.9 Å². The van der Waals surface area contributed by atoms with E-state index in [4.69, 9.17) is 0 Å². The van der Waals surface area contributed by atoms with Crippen molar-refractivity contribution < 1.29 is 0 Å². The third kappa shape index (κ3) is 5.84. The predicted octanol–water partition coefficient (Wildman–Crippen LogP) is 18.6. The van der Waals surface area contributed by atoms with Crippen LogP contribution in [0.5, 0.6) is 0 Å². The van der Waals surface area contributed by atoms with E-state index in [1.54, 1.807) is 0 Å². The summed E-state index contributed by atoms with van der Waals surface area (Å²) in [7, 11) is 0. The SMILES string of the molecule is CC1(C)C2=C(CCC=C2)c2ccc(N(c3ccc(-c4ccc5c(c4)sc4ccccc45)cc3)c3ccc4c(c3)C3(c5ccccc5-4)c4ccccc4C(c4ccccc4)(c4ccccc4)c4ccccc43)cc21. The van der Waals surface area contributed by atoms with Crippen molar-refractivity contribution in [1.82, 2.24) is 0 Å². The zero-order chi connectivity index (χ0) is 48.5. The van der Waals surface area contributed by atoms with E-state index >= 15 is 0 Å². The lowest BCUT2D eigenvalue weighted by Crippen LogP contribution is -2.44. The zero-order valence-electron chi connectivity index (χ0n) is 40.9. The molecule has 1 heterocycles. The fraction of sp³-hybridized carbons (Fsp3) is 0.0986. The molecule has 11 aromatic rings. The van der Waals surface area contributed by atoms with Gasteiger partial charge in [0.05, 0.1) is 10.8 Å². The maximum Gasteiger partial charge on any atom is 0.0720 e. The largest absolute Gasteiger partial charge is 0.310 e. The van der Waals surface area contributed by atoms with Crippen LogP contribution in [0.4, 0.5) is 17.1 Å². The molecular weight excluding hydrogens is 899 g/mol. The highest BCUT2D eigenvalue weighted by Gasteiger charge is 2.56. The van der Waals surface area contributed by atoms with Gasteiger partial charge in [0, 0.05) is 42.6 Å². The molecule has 4 aliphatic carbocycles. The molecule has 0 N–H and O–H groups in total. The minimum absolute atomic E-state index is 0.110. The summed E-state index contributed by atoms with van der Waals surface area (Å²) in [6, 6.07) is 90.1. The normalized spacial score (nSPS) is 15.9. The Hall–Kier alpha value is -8.30. The second-order valence-corrected chi connectivity index (χ2v) is 22.1. The van der Waals surface area contributed by atoms with Gasteiger partial charge in [-0.1, -0.05) is 214 Å². The Morgan fingerprint density at radius 1 is 0.384 bits per heavy atom. The standard InChI is InChI=1S/C71H51NS/c1-69(2)59-26-12-9-23-53(59)55-41-38-51(44-65(55)69)72(50-36-33-46(34-37-50)47-35-40-58-57-25-11-18-32-67(57)73-68(58)43-47)52-39-42-56-54-24-10-13-27-60(54)71(66(56)45-52)63-30-16-14-28-61(63)70(48-19-5-3-6-20-48,49-21-7-4-8-22-49)62-29-15-17-31-64(62)71/h3-8,10-22,24-45H,9,23H2,1-2H3. The first-order chi connectivity index (χ1) is 36.0. The molecule has 0 atom stereocenters. The molecule has 1 nitrogen and oxygen atoms in total. The molecule has 346 valence electrons. The summed E-state index contributed by atoms with van der Waals surface area (Å²) in [6.07, 6.45) is 6.94. The quantitative estimate of drug-likeness (QED) is 0.161. The molecule has 2 heteroatoms. The lowest BCUT2D eigenvalue weighted by atomic mass is 9.51. The molecule has 15 rings (SSSR count). The molecule has 0 amide bonds. The Morgan fingerprint density at radius 3 is 1.59 bits per heavy atom. The molecule has 0 saturated heterocycles. The van der Waals surface area contributed by atoms with Gasteiger partial charge in [-0.2, -0.15) is 0 Å². The van der Waals surface area contributed by atoms with Gasteiger partial charge >= 0.3 is 0 Å². The van der Waals surface area contributed by atoms with Crippen LogP contribution in [0.15, 0.2) is 254 Å². The van der Waals surface area contributed by atoms with E-state index in [9.17, 15) is 0 Å². The number of anilines is 3. The fourth-order valence-electron chi connectivity index (χ4n) is 14.0. The van der Waals surface area contributed by atoms with Crippen LogP contribution in [0.3, 0.4) is 0 Å². The number of nitrogens with zero attached hydrogens (tertiary/aromatic N) is 1. The molecule has 73 heavy (non-hydrogen) atoms. The lowest BCUT2D eigenvalue weighted by molar-refractivity contribution is 0.623. The molecule has 0 radical (unpaired) electrons. The van der Waals surface area contributed by atoms with Crippen LogP contribution in [0, 0.1) is 0 Å². The summed E-state index contributed by atoms with van der Waals surface area (Å²) < 4.78 is 2.65. The van der Waals surface area contributed by atoms with Crippen molar-refractivity contribution in [3.8, 4) is 22.3 Å². The highest BCUT2D eigenvalue weighted by Crippen LogP contribution is 2.65. The average molecular weight is 950 g/mol. The first-order valence-electron chi connectivity index (χ1n) is 25.9. The summed E-state index contributed by atoms with van der Waals surface area (Å²) in [5.41, 5.74) is 23.3. The number of hydrogen-bond donors (Lipinski definition) is 0. The Balaban J connectivity index is 0.960. The molecule has 0 fully saturated rings. The van der Waals surface area contributed by atoms with Crippen molar-refractivity contribution in [1.29, 1.82) is 0 Å². The van der Waals surface area contributed by atoms with Gasteiger partial charge in [0.2, 0.25) is 0 Å². The van der Waals surface area contributed by atoms with E-state index < -0.39 is 10.8 Å². The summed E-state index contributed by atoms with van der Waals surface area (Å²) in [5.74, 6) is 0. The highest BCUT2D eigenvalue weighted by atomic mass is 32.1. The Bertz CT molecular complexity index is 4020. The zero-order valence-corrected chi connectivity index (χ0v) is 41.8. The lowest BCUT2D eigenvalue weighted by Gasteiger charge is -2.50. The molecule has 0 bridgehead atoms. The van der Waals surface area contributed by atoms with Crippen LogP contribution in [0.25, 0.3) is 48.0 Å². The molecule has 4 aliphatic rings. The third-order valence-corrected chi connectivity index (χ3v) is 18.2. The fourth-order valence-corrected chi connectivity index (χ4v) is 15.1. The van der Waals surface area contributed by atoms with Crippen molar-refractivity contribution in [3.05, 3.63) is 310 Å². The molecule has 0 saturated carbocycles. The van der Waals surface area contributed by atoms with Crippen LogP contribution in [-0.4, -0.2) is 0 Å². The number of benzene rings is 10. The maximum atomic E-state index is 2.55. The van der Waals surface area contributed by atoms with E-state index in [2.05, 4.69) is 267 Å². The predicted molar refractivity (Wildman–Crippen MR) is 307 cm³/mol. The molecule has 0 aliphatic heterocycles. The minimum Gasteiger partial charge on any atom is -0.310 e. The smallest absolute Gasteiger partial charge is 0.0720 e. The van der Waals surface area contributed by atoms with Gasteiger partial charge in [0.15, 0.2) is 0 Å². The molecule has 0 unspecified atom stereocenters. The van der Waals surface area contributed by atoms with Gasteiger partial charge in [-0.25, -0.2) is 0 Å². The first-order valence-corrected chi connectivity index (χ1v) is 26.7. The van der Waals surface area contributed by atoms with Gasteiger partial charge in [-0.15, -0.1) is 11.3 Å². The van der Waals surface area contributed by atoms with E-state index in [1.807, 2.05) is 11.3 Å². The summed E-state index contributed by atoms with van der Waals surface area (Å²) in [4.78, 5) is 2.53. The first kappa shape index (κ1) is 42.4. The van der Waals surface area contributed by atoms with Crippen molar-refractivity contribution in [2.75, 3.05) is 4.90 Å². The van der Waals surface area contributed by atoms with E-state index in [-0.39, 0.29) is 5.41 Å². The summed E-state index contributed by atoms with van der Waals surface area (Å²) in [5, 5.41) is 2.65. The Kier molecular flexibility index (Phi) is 9.20. The number of rotatable bonds is 6. The van der Waals surface area contributed by atoms with Crippen molar-refractivity contribution >= 4 is 54.1 Å². The molecular formula is C71H51NS. The molecule has 1 spiro atoms. The number of hydrogen-bond acceptors (Lipinski definition) is 2. The Labute approximate surface area is 431 Å². The second kappa shape index (κ2) is 15.8. The maximum absolute atomic E-state index is 2.55. The number of fused-ring (bicyclic) bond motifs is 14. The van der Waals surface area contributed by atoms with Gasteiger partial charge < -0.3 is 4.90 Å². The van der Waals surface area contributed by atoms with Gasteiger partial charge in [-0.3, -0.25) is 0 Å². The average Bonchev–Trinajstić information content (AvgIpc) is 4.06. The van der Waals surface area contributed by atoms with Crippen LogP contribution >= 0.6 is 11.3 Å². The third-order valence-electron chi connectivity index (χ3n) is 17.1. The molecule has 1 aromatic heterocycles. The molecule has 10 aromatic carbocycles. The van der Waals surface area contributed by atoms with Crippen LogP contribution < -0.4 is 4.90 Å². The van der Waals surface area contributed by atoms with Gasteiger partial charge in [0.25, 0.3) is 0 Å². The highest BCUT2D eigenvalue weighted by molar-refractivity contribution is 7.25. The van der Waals surface area contributed by atoms with Crippen LogP contribution in [-0.2, 0) is 16.2 Å². The van der Waals surface area contributed by atoms with Crippen molar-refractivity contribution in [3.63, 3.8) is 0 Å². The topological polar surface area (TPSA) is 3.24 Å². The van der Waals surface area contributed by atoms with E-state index in [1.165, 1.54) is 109 Å². The van der Waals surface area contributed by atoms with Crippen molar-refractivity contribution in [2.24, 2.45) is 0 Å². The van der Waals surface area contributed by atoms with Gasteiger partial charge in [0.1, 0.15) is 0 Å². The summed E-state index contributed by atoms with van der Waals surface area (Å²) in [6.45, 7) is 4.83. The monoisotopic (exact) mass is 949 g/mol. The number of allylic oxidation sites excluding steroid dienone is 4. The van der Waals surface area contributed by atoms with E-state index in [0.29, 0.717) is 0 Å². The minimum atomic E-state index is -0.613. The van der Waals surface area contributed by atoms with Crippen molar-refractivity contribution in [2.45, 2.75) is 42.9 Å².